The molecule has 8 heteroatoms. The predicted octanol–water partition coefficient (Wildman–Crippen LogP) is 2.29. The number of imide groups is 1. The number of carbonyl (C=O) groups excluding carboxylic acids is 4. The minimum absolute atomic E-state index is 0.0906. The van der Waals surface area contributed by atoms with E-state index in [0.29, 0.717) is 19.4 Å². The molecule has 31 heavy (non-hydrogen) atoms. The molecule has 1 aromatic rings. The fourth-order valence-electron chi connectivity index (χ4n) is 4.93. The van der Waals surface area contributed by atoms with Gasteiger partial charge in [-0.3, -0.25) is 19.3 Å². The van der Waals surface area contributed by atoms with Crippen LogP contribution in [0.2, 0.25) is 0 Å². The van der Waals surface area contributed by atoms with E-state index >= 15 is 0 Å². The Morgan fingerprint density at radius 2 is 1.87 bits per heavy atom. The number of hydrogen-bond donors (Lipinski definition) is 2. The van der Waals surface area contributed by atoms with E-state index in [1.807, 2.05) is 31.2 Å². The Morgan fingerprint density at radius 1 is 1.19 bits per heavy atom. The third kappa shape index (κ3) is 5.42. The van der Waals surface area contributed by atoms with Crippen molar-refractivity contribution < 1.29 is 23.9 Å². The molecule has 0 bridgehead atoms. The molecule has 0 radical (unpaired) electrons. The van der Waals surface area contributed by atoms with Gasteiger partial charge in [0.25, 0.3) is 11.8 Å². The zero-order chi connectivity index (χ0) is 22.8. The molecule has 1 spiro atoms. The Morgan fingerprint density at radius 3 is 2.52 bits per heavy atom. The number of urea groups is 1. The van der Waals surface area contributed by atoms with Crippen molar-refractivity contribution in [3.63, 3.8) is 0 Å². The molecule has 2 fully saturated rings. The largest absolute Gasteiger partial charge is 0.454 e. The highest BCUT2D eigenvalue weighted by Gasteiger charge is 2.56. The average Bonchev–Trinajstić information content (AvgIpc) is 2.87. The molecule has 2 atom stereocenters. The van der Waals surface area contributed by atoms with Gasteiger partial charge in [0, 0.05) is 6.54 Å². The Bertz CT molecular complexity index is 880. The van der Waals surface area contributed by atoms with Crippen molar-refractivity contribution in [3.05, 3.63) is 35.4 Å². The topological polar surface area (TPSA) is 105 Å². The molecular weight excluding hydrogens is 398 g/mol. The fraction of sp³-hybridized carbons (Fsp3) is 0.565. The molecule has 2 unspecified atom stereocenters. The molecule has 8 nitrogen and oxygen atoms in total. The van der Waals surface area contributed by atoms with Gasteiger partial charge in [-0.15, -0.1) is 0 Å². The van der Waals surface area contributed by atoms with E-state index in [2.05, 4.69) is 31.4 Å². The maximum Gasteiger partial charge on any atom is 0.326 e. The monoisotopic (exact) mass is 429 g/mol. The Hall–Kier alpha value is -2.90. The fourth-order valence-corrected chi connectivity index (χ4v) is 4.93. The number of benzene rings is 1. The molecule has 0 aromatic heterocycles. The summed E-state index contributed by atoms with van der Waals surface area (Å²) in [6.45, 7) is 7.54. The second-order valence-electron chi connectivity index (χ2n) is 9.68. The van der Waals surface area contributed by atoms with Gasteiger partial charge in [-0.2, -0.15) is 0 Å². The van der Waals surface area contributed by atoms with Gasteiger partial charge in [0.05, 0.1) is 0 Å². The molecule has 1 saturated heterocycles. The van der Waals surface area contributed by atoms with Gasteiger partial charge < -0.3 is 15.4 Å². The van der Waals surface area contributed by atoms with Crippen LogP contribution in [0, 0.1) is 18.3 Å². The summed E-state index contributed by atoms with van der Waals surface area (Å²) in [5, 5.41) is 5.49. The maximum atomic E-state index is 13.0. The van der Waals surface area contributed by atoms with Crippen molar-refractivity contribution in [1.29, 1.82) is 0 Å². The van der Waals surface area contributed by atoms with Crippen molar-refractivity contribution in [3.8, 4) is 0 Å². The van der Waals surface area contributed by atoms with Crippen LogP contribution in [0.15, 0.2) is 24.3 Å². The predicted molar refractivity (Wildman–Crippen MR) is 114 cm³/mol. The summed E-state index contributed by atoms with van der Waals surface area (Å²) in [6, 6.07) is 7.11. The second-order valence-corrected chi connectivity index (χ2v) is 9.68. The van der Waals surface area contributed by atoms with Crippen LogP contribution in [0.3, 0.4) is 0 Å². The molecule has 1 saturated carbocycles. The SMILES string of the molecule is Cc1ccc(CNC(=O)COC(=O)CN2C(=O)NC3(CC(C)CC(C)(C)C3)C2=O)cc1. The first-order chi connectivity index (χ1) is 14.5. The zero-order valence-electron chi connectivity index (χ0n) is 18.6. The van der Waals surface area contributed by atoms with Crippen LogP contribution in [0.4, 0.5) is 4.79 Å². The van der Waals surface area contributed by atoms with E-state index < -0.39 is 42.5 Å². The lowest BCUT2D eigenvalue weighted by Crippen LogP contribution is -2.54. The van der Waals surface area contributed by atoms with Gasteiger partial charge in [0.2, 0.25) is 0 Å². The number of nitrogens with zero attached hydrogens (tertiary/aromatic N) is 1. The van der Waals surface area contributed by atoms with E-state index in [4.69, 9.17) is 4.74 Å². The number of esters is 1. The van der Waals surface area contributed by atoms with Gasteiger partial charge in [-0.25, -0.2) is 4.79 Å². The number of hydrogen-bond acceptors (Lipinski definition) is 5. The molecule has 1 aliphatic heterocycles. The highest BCUT2D eigenvalue weighted by atomic mass is 16.5. The van der Waals surface area contributed by atoms with Crippen LogP contribution in [0.1, 0.15) is 51.2 Å². The van der Waals surface area contributed by atoms with E-state index in [-0.39, 0.29) is 11.3 Å². The van der Waals surface area contributed by atoms with Gasteiger partial charge in [0.1, 0.15) is 12.1 Å². The average molecular weight is 430 g/mol. The highest BCUT2D eigenvalue weighted by Crippen LogP contribution is 2.46. The first kappa shape index (κ1) is 22.8. The Kier molecular flexibility index (Phi) is 6.38. The highest BCUT2D eigenvalue weighted by molar-refractivity contribution is 6.08. The molecule has 3 rings (SSSR count). The summed E-state index contributed by atoms with van der Waals surface area (Å²) in [5.74, 6) is -1.37. The first-order valence-corrected chi connectivity index (χ1v) is 10.6. The van der Waals surface area contributed by atoms with Crippen molar-refractivity contribution in [1.82, 2.24) is 15.5 Å². The van der Waals surface area contributed by atoms with Crippen LogP contribution in [0.5, 0.6) is 0 Å². The van der Waals surface area contributed by atoms with Crippen molar-refractivity contribution in [2.45, 2.75) is 59.0 Å². The van der Waals surface area contributed by atoms with E-state index in [1.165, 1.54) is 0 Å². The standard InChI is InChI=1S/C23H31N3O5/c1-15-5-7-17(8-6-15)11-24-18(27)13-31-19(28)12-26-20(29)23(25-21(26)30)10-16(2)9-22(3,4)14-23/h5-8,16H,9-14H2,1-4H3,(H,24,27)(H,25,30). The lowest BCUT2D eigenvalue weighted by Gasteiger charge is -2.43. The number of nitrogens with one attached hydrogen (secondary N) is 2. The molecule has 4 amide bonds. The number of amides is 4. The van der Waals surface area contributed by atoms with Gasteiger partial charge in [-0.1, -0.05) is 50.6 Å². The lowest BCUT2D eigenvalue weighted by atomic mass is 9.64. The van der Waals surface area contributed by atoms with Crippen molar-refractivity contribution in [2.24, 2.45) is 11.3 Å². The molecule has 1 aromatic carbocycles. The van der Waals surface area contributed by atoms with Gasteiger partial charge in [0.15, 0.2) is 6.61 Å². The molecule has 2 N–H and O–H groups in total. The van der Waals surface area contributed by atoms with E-state index in [9.17, 15) is 19.2 Å². The molecule has 1 aliphatic carbocycles. The van der Waals surface area contributed by atoms with Crippen molar-refractivity contribution >= 4 is 23.8 Å². The number of ether oxygens (including phenoxy) is 1. The number of rotatable bonds is 6. The second kappa shape index (κ2) is 8.69. The van der Waals surface area contributed by atoms with E-state index in [0.717, 1.165) is 22.4 Å². The first-order valence-electron chi connectivity index (χ1n) is 10.6. The molecular formula is C23H31N3O5. The van der Waals surface area contributed by atoms with Crippen LogP contribution in [-0.2, 0) is 25.7 Å². The van der Waals surface area contributed by atoms with Crippen molar-refractivity contribution in [2.75, 3.05) is 13.2 Å². The van der Waals surface area contributed by atoms with E-state index in [1.54, 1.807) is 0 Å². The Labute approximate surface area is 182 Å². The molecule has 2 aliphatic rings. The normalized spacial score (nSPS) is 24.8. The van der Waals surface area contributed by atoms with Gasteiger partial charge >= 0.3 is 12.0 Å². The summed E-state index contributed by atoms with van der Waals surface area (Å²) in [4.78, 5) is 50.5. The van der Waals surface area contributed by atoms with Crippen LogP contribution in [-0.4, -0.2) is 47.4 Å². The van der Waals surface area contributed by atoms with Crippen LogP contribution >= 0.6 is 0 Å². The quantitative estimate of drug-likeness (QED) is 0.533. The third-order valence-electron chi connectivity index (χ3n) is 5.89. The minimum Gasteiger partial charge on any atom is -0.454 e. The summed E-state index contributed by atoms with van der Waals surface area (Å²) < 4.78 is 4.98. The minimum atomic E-state index is -0.968. The summed E-state index contributed by atoms with van der Waals surface area (Å²) in [6.07, 6.45) is 2.05. The Balaban J connectivity index is 1.50. The smallest absolute Gasteiger partial charge is 0.326 e. The molecule has 168 valence electrons. The maximum absolute atomic E-state index is 13.0. The lowest BCUT2D eigenvalue weighted by molar-refractivity contribution is -0.151. The third-order valence-corrected chi connectivity index (χ3v) is 5.89. The molecule has 1 heterocycles. The summed E-state index contributed by atoms with van der Waals surface area (Å²) in [5.41, 5.74) is 0.994. The van der Waals surface area contributed by atoms with Crippen LogP contribution in [0.25, 0.3) is 0 Å². The number of aryl methyl sites for hydroxylation is 1. The summed E-state index contributed by atoms with van der Waals surface area (Å²) in [7, 11) is 0. The van der Waals surface area contributed by atoms with Gasteiger partial charge in [-0.05, 0) is 43.1 Å². The zero-order valence-corrected chi connectivity index (χ0v) is 18.6. The summed E-state index contributed by atoms with van der Waals surface area (Å²) >= 11 is 0. The van der Waals surface area contributed by atoms with Crippen LogP contribution < -0.4 is 10.6 Å². The number of carbonyl (C=O) groups is 4.